The molecule has 0 radical (unpaired) electrons. The lowest BCUT2D eigenvalue weighted by atomic mass is 10.2. The molecular formula is C21H16N2O4. The Morgan fingerprint density at radius 1 is 1.04 bits per heavy atom. The molecule has 27 heavy (non-hydrogen) atoms. The van der Waals surface area contributed by atoms with Crippen LogP contribution in [0, 0.1) is 17.0 Å². The molecule has 134 valence electrons. The molecular weight excluding hydrogens is 344 g/mol. The van der Waals surface area contributed by atoms with Gasteiger partial charge in [0, 0.05) is 17.8 Å². The van der Waals surface area contributed by atoms with E-state index < -0.39 is 10.9 Å². The first kappa shape index (κ1) is 18.0. The molecule has 3 aromatic rings. The molecule has 0 fully saturated rings. The van der Waals surface area contributed by atoms with Gasteiger partial charge < -0.3 is 4.74 Å². The molecule has 6 nitrogen and oxygen atoms in total. The fourth-order valence-corrected chi connectivity index (χ4v) is 2.39. The molecule has 0 aliphatic heterocycles. The maximum Gasteiger partial charge on any atom is 0.343 e. The lowest BCUT2D eigenvalue weighted by Gasteiger charge is -2.04. The molecule has 0 N–H and O–H groups in total. The highest BCUT2D eigenvalue weighted by atomic mass is 16.6. The van der Waals surface area contributed by atoms with Gasteiger partial charge in [-0.25, -0.2) is 4.79 Å². The van der Waals surface area contributed by atoms with E-state index in [9.17, 15) is 14.9 Å². The Morgan fingerprint density at radius 3 is 2.41 bits per heavy atom. The standard InChI is InChI=1S/C21H16N2O4/c1-15-7-10-18(13-20(15)23(25)26)22-14-16-8-11-19(12-9-16)27-21(24)17-5-3-2-4-6-17/h2-14H,1H3. The normalized spacial score (nSPS) is 10.7. The predicted molar refractivity (Wildman–Crippen MR) is 103 cm³/mol. The van der Waals surface area contributed by atoms with E-state index in [1.165, 1.54) is 6.07 Å². The molecule has 0 bridgehead atoms. The minimum absolute atomic E-state index is 0.0350. The summed E-state index contributed by atoms with van der Waals surface area (Å²) in [7, 11) is 0. The van der Waals surface area contributed by atoms with Gasteiger partial charge in [0.1, 0.15) is 5.75 Å². The number of nitro benzene ring substituents is 1. The third-order valence-corrected chi connectivity index (χ3v) is 3.85. The topological polar surface area (TPSA) is 81.8 Å². The van der Waals surface area contributed by atoms with Crippen LogP contribution in [0.15, 0.2) is 77.8 Å². The largest absolute Gasteiger partial charge is 0.423 e. The molecule has 0 aliphatic carbocycles. The fraction of sp³-hybridized carbons (Fsp3) is 0.0476. The molecule has 0 saturated carbocycles. The van der Waals surface area contributed by atoms with Gasteiger partial charge in [0.2, 0.25) is 0 Å². The average Bonchev–Trinajstić information content (AvgIpc) is 2.69. The highest BCUT2D eigenvalue weighted by Crippen LogP contribution is 2.24. The number of nitro groups is 1. The SMILES string of the molecule is Cc1ccc(N=Cc2ccc(OC(=O)c3ccccc3)cc2)cc1[N+](=O)[O-]. The third kappa shape index (κ3) is 4.64. The van der Waals surface area contributed by atoms with Crippen LogP contribution in [0.2, 0.25) is 0 Å². The maximum atomic E-state index is 12.0. The predicted octanol–water partition coefficient (Wildman–Crippen LogP) is 4.87. The zero-order valence-electron chi connectivity index (χ0n) is 14.5. The van der Waals surface area contributed by atoms with E-state index in [2.05, 4.69) is 4.99 Å². The Balaban J connectivity index is 1.69. The van der Waals surface area contributed by atoms with Crippen LogP contribution in [0.4, 0.5) is 11.4 Å². The Labute approximate surface area is 155 Å². The maximum absolute atomic E-state index is 12.0. The van der Waals surface area contributed by atoms with E-state index in [1.807, 2.05) is 6.07 Å². The van der Waals surface area contributed by atoms with Gasteiger partial charge in [0.25, 0.3) is 5.69 Å². The molecule has 0 aliphatic rings. The Hall–Kier alpha value is -3.80. The quantitative estimate of drug-likeness (QED) is 0.214. The fourth-order valence-electron chi connectivity index (χ4n) is 2.39. The lowest BCUT2D eigenvalue weighted by molar-refractivity contribution is -0.385. The van der Waals surface area contributed by atoms with Crippen molar-refractivity contribution in [1.29, 1.82) is 0 Å². The monoisotopic (exact) mass is 360 g/mol. The van der Waals surface area contributed by atoms with Gasteiger partial charge >= 0.3 is 5.97 Å². The van der Waals surface area contributed by atoms with E-state index >= 15 is 0 Å². The third-order valence-electron chi connectivity index (χ3n) is 3.85. The summed E-state index contributed by atoms with van der Waals surface area (Å²) >= 11 is 0. The summed E-state index contributed by atoms with van der Waals surface area (Å²) in [6, 6.07) is 20.4. The number of carbonyl (C=O) groups is 1. The minimum Gasteiger partial charge on any atom is -0.423 e. The minimum atomic E-state index is -0.427. The summed E-state index contributed by atoms with van der Waals surface area (Å²) in [5.41, 5.74) is 2.37. The number of esters is 1. The van der Waals surface area contributed by atoms with Gasteiger partial charge in [-0.05, 0) is 55.0 Å². The molecule has 0 heterocycles. The van der Waals surface area contributed by atoms with E-state index in [1.54, 1.807) is 73.8 Å². The molecule has 0 aromatic heterocycles. The van der Waals surface area contributed by atoms with Crippen molar-refractivity contribution < 1.29 is 14.5 Å². The van der Waals surface area contributed by atoms with Crippen LogP contribution >= 0.6 is 0 Å². The number of aryl methyl sites for hydroxylation is 1. The summed E-state index contributed by atoms with van der Waals surface area (Å²) in [6.45, 7) is 1.68. The van der Waals surface area contributed by atoms with Crippen molar-refractivity contribution in [3.05, 3.63) is 99.6 Å². The number of hydrogen-bond donors (Lipinski definition) is 0. The van der Waals surface area contributed by atoms with Crippen LogP contribution in [0.1, 0.15) is 21.5 Å². The number of aliphatic imine (C=N–C) groups is 1. The Morgan fingerprint density at radius 2 is 1.74 bits per heavy atom. The molecule has 0 spiro atoms. The summed E-state index contributed by atoms with van der Waals surface area (Å²) in [5, 5.41) is 11.0. The zero-order chi connectivity index (χ0) is 19.2. The Bertz CT molecular complexity index is 996. The summed E-state index contributed by atoms with van der Waals surface area (Å²) < 4.78 is 5.32. The smallest absolute Gasteiger partial charge is 0.343 e. The second-order valence-corrected chi connectivity index (χ2v) is 5.81. The van der Waals surface area contributed by atoms with E-state index in [0.29, 0.717) is 22.6 Å². The number of carbonyl (C=O) groups excluding carboxylic acids is 1. The lowest BCUT2D eigenvalue weighted by Crippen LogP contribution is -2.07. The zero-order valence-corrected chi connectivity index (χ0v) is 14.5. The first-order valence-electron chi connectivity index (χ1n) is 8.19. The average molecular weight is 360 g/mol. The first-order valence-corrected chi connectivity index (χ1v) is 8.19. The number of ether oxygens (including phenoxy) is 1. The molecule has 3 rings (SSSR count). The van der Waals surface area contributed by atoms with Crippen LogP contribution in [-0.4, -0.2) is 17.1 Å². The molecule has 0 unspecified atom stereocenters. The van der Waals surface area contributed by atoms with E-state index in [-0.39, 0.29) is 5.69 Å². The van der Waals surface area contributed by atoms with Crippen molar-refractivity contribution in [2.45, 2.75) is 6.92 Å². The van der Waals surface area contributed by atoms with E-state index in [4.69, 9.17) is 4.74 Å². The summed E-state index contributed by atoms with van der Waals surface area (Å²) in [6.07, 6.45) is 1.59. The number of benzene rings is 3. The van der Waals surface area contributed by atoms with Crippen molar-refractivity contribution in [1.82, 2.24) is 0 Å². The number of hydrogen-bond acceptors (Lipinski definition) is 5. The van der Waals surface area contributed by atoms with Crippen LogP contribution in [-0.2, 0) is 0 Å². The highest BCUT2D eigenvalue weighted by Gasteiger charge is 2.10. The van der Waals surface area contributed by atoms with Crippen molar-refractivity contribution >= 4 is 23.6 Å². The van der Waals surface area contributed by atoms with Crippen LogP contribution in [0.3, 0.4) is 0 Å². The van der Waals surface area contributed by atoms with Gasteiger partial charge in [0.05, 0.1) is 16.2 Å². The van der Waals surface area contributed by atoms with Gasteiger partial charge in [-0.1, -0.05) is 24.3 Å². The van der Waals surface area contributed by atoms with E-state index in [0.717, 1.165) is 5.56 Å². The number of rotatable bonds is 5. The van der Waals surface area contributed by atoms with Gasteiger partial charge in [0.15, 0.2) is 0 Å². The van der Waals surface area contributed by atoms with Crippen molar-refractivity contribution in [3.8, 4) is 5.75 Å². The van der Waals surface area contributed by atoms with Crippen molar-refractivity contribution in [2.24, 2.45) is 4.99 Å². The molecule has 0 saturated heterocycles. The first-order chi connectivity index (χ1) is 13.0. The van der Waals surface area contributed by atoms with Crippen LogP contribution in [0.25, 0.3) is 0 Å². The molecule has 0 atom stereocenters. The second-order valence-electron chi connectivity index (χ2n) is 5.81. The van der Waals surface area contributed by atoms with Gasteiger partial charge in [-0.2, -0.15) is 0 Å². The molecule has 0 amide bonds. The molecule has 3 aromatic carbocycles. The summed E-state index contributed by atoms with van der Waals surface area (Å²) in [4.78, 5) is 26.8. The van der Waals surface area contributed by atoms with Crippen LogP contribution in [0.5, 0.6) is 5.75 Å². The summed E-state index contributed by atoms with van der Waals surface area (Å²) in [5.74, 6) is -0.00374. The van der Waals surface area contributed by atoms with Crippen molar-refractivity contribution in [3.63, 3.8) is 0 Å². The van der Waals surface area contributed by atoms with Gasteiger partial charge in [-0.3, -0.25) is 15.1 Å². The highest BCUT2D eigenvalue weighted by molar-refractivity contribution is 5.91. The van der Waals surface area contributed by atoms with Gasteiger partial charge in [-0.15, -0.1) is 0 Å². The Kier molecular flexibility index (Phi) is 5.37. The van der Waals surface area contributed by atoms with Crippen LogP contribution < -0.4 is 4.74 Å². The molecule has 6 heteroatoms. The van der Waals surface area contributed by atoms with Crippen molar-refractivity contribution in [2.75, 3.05) is 0 Å². The number of nitrogens with zero attached hydrogens (tertiary/aromatic N) is 2. The second kappa shape index (κ2) is 8.05.